The molecular formula is C15H23N3O2. The van der Waals surface area contributed by atoms with Crippen molar-refractivity contribution in [1.82, 2.24) is 10.6 Å². The minimum Gasteiger partial charge on any atom is -0.398 e. The Morgan fingerprint density at radius 1 is 1.25 bits per heavy atom. The smallest absolute Gasteiger partial charge is 0.254 e. The van der Waals surface area contributed by atoms with Gasteiger partial charge in [0.15, 0.2) is 0 Å². The average Bonchev–Trinajstić information content (AvgIpc) is 2.35. The van der Waals surface area contributed by atoms with Crippen molar-refractivity contribution in [3.63, 3.8) is 0 Å². The number of hydrogen-bond donors (Lipinski definition) is 3. The summed E-state index contributed by atoms with van der Waals surface area (Å²) in [6.07, 6.45) is 0. The number of amides is 2. The van der Waals surface area contributed by atoms with Gasteiger partial charge >= 0.3 is 0 Å². The Labute approximate surface area is 119 Å². The normalized spacial score (nSPS) is 12.1. The Balaban J connectivity index is 2.63. The number of benzene rings is 1. The minimum atomic E-state index is -0.595. The van der Waals surface area contributed by atoms with Crippen molar-refractivity contribution in [3.8, 4) is 0 Å². The molecule has 5 heteroatoms. The van der Waals surface area contributed by atoms with Crippen LogP contribution in [0, 0.1) is 12.8 Å². The van der Waals surface area contributed by atoms with E-state index in [9.17, 15) is 9.59 Å². The molecule has 2 amide bonds. The summed E-state index contributed by atoms with van der Waals surface area (Å²) in [5.74, 6) is -0.165. The topological polar surface area (TPSA) is 84.2 Å². The Morgan fingerprint density at radius 3 is 2.45 bits per heavy atom. The van der Waals surface area contributed by atoms with E-state index in [1.807, 2.05) is 26.8 Å². The second-order valence-corrected chi connectivity index (χ2v) is 5.42. The van der Waals surface area contributed by atoms with Crippen molar-refractivity contribution in [3.05, 3.63) is 29.3 Å². The molecule has 4 N–H and O–H groups in total. The van der Waals surface area contributed by atoms with E-state index in [4.69, 9.17) is 5.73 Å². The summed E-state index contributed by atoms with van der Waals surface area (Å²) < 4.78 is 0. The number of rotatable bonds is 5. The maximum atomic E-state index is 12.1. The van der Waals surface area contributed by atoms with Crippen LogP contribution in [0.2, 0.25) is 0 Å². The van der Waals surface area contributed by atoms with Crippen molar-refractivity contribution in [2.24, 2.45) is 5.92 Å². The lowest BCUT2D eigenvalue weighted by molar-refractivity contribution is -0.122. The zero-order chi connectivity index (χ0) is 15.3. The molecule has 0 aliphatic rings. The molecule has 1 atom stereocenters. The summed E-state index contributed by atoms with van der Waals surface area (Å²) in [7, 11) is 0. The van der Waals surface area contributed by atoms with Gasteiger partial charge in [-0.1, -0.05) is 19.9 Å². The first-order valence-corrected chi connectivity index (χ1v) is 6.76. The molecule has 0 saturated carbocycles. The molecular weight excluding hydrogens is 254 g/mol. The van der Waals surface area contributed by atoms with Gasteiger partial charge in [0.1, 0.15) is 6.04 Å². The summed E-state index contributed by atoms with van der Waals surface area (Å²) in [5.41, 5.74) is 7.60. The molecule has 0 fully saturated rings. The first-order chi connectivity index (χ1) is 9.31. The van der Waals surface area contributed by atoms with Gasteiger partial charge in [-0.2, -0.15) is 0 Å². The lowest BCUT2D eigenvalue weighted by Gasteiger charge is -2.16. The molecule has 0 saturated heterocycles. The van der Waals surface area contributed by atoms with E-state index in [0.29, 0.717) is 23.7 Å². The average molecular weight is 277 g/mol. The van der Waals surface area contributed by atoms with Gasteiger partial charge in [-0.05, 0) is 37.5 Å². The summed E-state index contributed by atoms with van der Waals surface area (Å²) >= 11 is 0. The lowest BCUT2D eigenvalue weighted by Crippen LogP contribution is -2.45. The fourth-order valence-electron chi connectivity index (χ4n) is 1.69. The van der Waals surface area contributed by atoms with Gasteiger partial charge in [-0.25, -0.2) is 0 Å². The number of carbonyl (C=O) groups excluding carboxylic acids is 2. The second kappa shape index (κ2) is 6.93. The van der Waals surface area contributed by atoms with Crippen LogP contribution >= 0.6 is 0 Å². The highest BCUT2D eigenvalue weighted by molar-refractivity contribution is 6.01. The molecule has 1 aromatic carbocycles. The first-order valence-electron chi connectivity index (χ1n) is 6.76. The highest BCUT2D eigenvalue weighted by atomic mass is 16.2. The third-order valence-corrected chi connectivity index (χ3v) is 2.88. The SMILES string of the molecule is Cc1ccc(C(=O)NC(C)C(=O)NCC(C)C)c(N)c1. The van der Waals surface area contributed by atoms with E-state index in [-0.39, 0.29) is 11.8 Å². The lowest BCUT2D eigenvalue weighted by atomic mass is 10.1. The van der Waals surface area contributed by atoms with Gasteiger partial charge in [-0.3, -0.25) is 9.59 Å². The first kappa shape index (κ1) is 16.0. The summed E-state index contributed by atoms with van der Waals surface area (Å²) in [6, 6.07) is 4.62. The van der Waals surface area contributed by atoms with Crippen LogP contribution in [0.5, 0.6) is 0 Å². The summed E-state index contributed by atoms with van der Waals surface area (Å²) in [6.45, 7) is 8.16. The molecule has 0 aromatic heterocycles. The van der Waals surface area contributed by atoms with Crippen molar-refractivity contribution in [2.75, 3.05) is 12.3 Å². The second-order valence-electron chi connectivity index (χ2n) is 5.42. The zero-order valence-corrected chi connectivity index (χ0v) is 12.5. The van der Waals surface area contributed by atoms with Gasteiger partial charge in [0.2, 0.25) is 5.91 Å². The minimum absolute atomic E-state index is 0.197. The fraction of sp³-hybridized carbons (Fsp3) is 0.467. The number of nitrogens with two attached hydrogens (primary N) is 1. The maximum absolute atomic E-state index is 12.1. The Hall–Kier alpha value is -2.04. The summed E-state index contributed by atoms with van der Waals surface area (Å²) in [4.78, 5) is 23.9. The molecule has 110 valence electrons. The van der Waals surface area contributed by atoms with Gasteiger partial charge in [0.25, 0.3) is 5.91 Å². The van der Waals surface area contributed by atoms with Crippen molar-refractivity contribution in [1.29, 1.82) is 0 Å². The number of anilines is 1. The Morgan fingerprint density at radius 2 is 1.90 bits per heavy atom. The fourth-order valence-corrected chi connectivity index (χ4v) is 1.69. The van der Waals surface area contributed by atoms with Gasteiger partial charge in [0.05, 0.1) is 5.56 Å². The van der Waals surface area contributed by atoms with Crippen LogP contribution in [0.3, 0.4) is 0 Å². The third-order valence-electron chi connectivity index (χ3n) is 2.88. The highest BCUT2D eigenvalue weighted by Crippen LogP contribution is 2.13. The molecule has 5 nitrogen and oxygen atoms in total. The highest BCUT2D eigenvalue weighted by Gasteiger charge is 2.17. The predicted molar refractivity (Wildman–Crippen MR) is 80.4 cm³/mol. The van der Waals surface area contributed by atoms with E-state index in [0.717, 1.165) is 5.56 Å². The molecule has 0 heterocycles. The molecule has 0 aliphatic heterocycles. The standard InChI is InChI=1S/C15H23N3O2/c1-9(2)8-17-14(19)11(4)18-15(20)12-6-5-10(3)7-13(12)16/h5-7,9,11H,8,16H2,1-4H3,(H,17,19)(H,18,20). The van der Waals surface area contributed by atoms with Crippen molar-refractivity contribution < 1.29 is 9.59 Å². The van der Waals surface area contributed by atoms with Crippen LogP contribution in [0.15, 0.2) is 18.2 Å². The molecule has 1 unspecified atom stereocenters. The monoisotopic (exact) mass is 277 g/mol. The Kier molecular flexibility index (Phi) is 5.55. The van der Waals surface area contributed by atoms with Crippen LogP contribution in [0.1, 0.15) is 36.7 Å². The van der Waals surface area contributed by atoms with Gasteiger partial charge in [-0.15, -0.1) is 0 Å². The largest absolute Gasteiger partial charge is 0.398 e. The molecule has 0 spiro atoms. The van der Waals surface area contributed by atoms with E-state index in [2.05, 4.69) is 10.6 Å². The third kappa shape index (κ3) is 4.57. The van der Waals surface area contributed by atoms with E-state index in [1.165, 1.54) is 0 Å². The van der Waals surface area contributed by atoms with Gasteiger partial charge in [0, 0.05) is 12.2 Å². The molecule has 0 bridgehead atoms. The van der Waals surface area contributed by atoms with Crippen LogP contribution < -0.4 is 16.4 Å². The molecule has 1 rings (SSSR count). The number of nitrogen functional groups attached to an aromatic ring is 1. The van der Waals surface area contributed by atoms with E-state index >= 15 is 0 Å². The summed E-state index contributed by atoms with van der Waals surface area (Å²) in [5, 5.41) is 5.43. The van der Waals surface area contributed by atoms with E-state index in [1.54, 1.807) is 19.1 Å². The number of nitrogens with one attached hydrogen (secondary N) is 2. The van der Waals surface area contributed by atoms with Crippen molar-refractivity contribution in [2.45, 2.75) is 33.7 Å². The van der Waals surface area contributed by atoms with Crippen molar-refractivity contribution >= 4 is 17.5 Å². The maximum Gasteiger partial charge on any atom is 0.254 e. The van der Waals surface area contributed by atoms with Gasteiger partial charge < -0.3 is 16.4 Å². The quantitative estimate of drug-likeness (QED) is 0.713. The molecule has 20 heavy (non-hydrogen) atoms. The number of aryl methyl sites for hydroxylation is 1. The van der Waals surface area contributed by atoms with E-state index < -0.39 is 6.04 Å². The zero-order valence-electron chi connectivity index (χ0n) is 12.5. The van der Waals surface area contributed by atoms with Crippen LogP contribution in [-0.4, -0.2) is 24.4 Å². The number of carbonyl (C=O) groups is 2. The Bertz CT molecular complexity index is 498. The van der Waals surface area contributed by atoms with Crippen LogP contribution in [-0.2, 0) is 4.79 Å². The van der Waals surface area contributed by atoms with Crippen LogP contribution in [0.25, 0.3) is 0 Å². The predicted octanol–water partition coefficient (Wildman–Crippen LogP) is 1.47. The van der Waals surface area contributed by atoms with Crippen LogP contribution in [0.4, 0.5) is 5.69 Å². The molecule has 1 aromatic rings. The molecule has 0 radical (unpaired) electrons. The molecule has 0 aliphatic carbocycles. The number of hydrogen-bond acceptors (Lipinski definition) is 3.